The molecule has 6 heteroatoms. The van der Waals surface area contributed by atoms with Crippen molar-refractivity contribution in [3.05, 3.63) is 86.6 Å². The third-order valence-electron chi connectivity index (χ3n) is 4.77. The van der Waals surface area contributed by atoms with Crippen LogP contribution in [0.4, 0.5) is 0 Å². The van der Waals surface area contributed by atoms with Gasteiger partial charge in [0.25, 0.3) is 5.56 Å². The SMILES string of the molecule is CC.O=C(Cn1nc(-c2ccc(Br)cc2)ccc1=O)NC1CCc2ccccc21. The molecule has 1 aliphatic rings. The molecule has 150 valence electrons. The van der Waals surface area contributed by atoms with Gasteiger partial charge in [-0.3, -0.25) is 9.59 Å². The van der Waals surface area contributed by atoms with Crippen LogP contribution in [-0.2, 0) is 17.8 Å². The molecule has 0 spiro atoms. The lowest BCUT2D eigenvalue weighted by molar-refractivity contribution is -0.122. The molecule has 1 aliphatic carbocycles. The maximum absolute atomic E-state index is 12.5. The van der Waals surface area contributed by atoms with Crippen molar-refractivity contribution in [2.24, 2.45) is 0 Å². The minimum Gasteiger partial charge on any atom is -0.348 e. The van der Waals surface area contributed by atoms with E-state index < -0.39 is 0 Å². The minimum atomic E-state index is -0.294. The average molecular weight is 454 g/mol. The molecule has 1 unspecified atom stereocenters. The third kappa shape index (κ3) is 5.01. The molecule has 2 aromatic carbocycles. The van der Waals surface area contributed by atoms with Gasteiger partial charge >= 0.3 is 0 Å². The zero-order chi connectivity index (χ0) is 20.8. The minimum absolute atomic E-state index is 0.000872. The molecule has 1 heterocycles. The van der Waals surface area contributed by atoms with Crippen molar-refractivity contribution in [2.45, 2.75) is 39.3 Å². The highest BCUT2D eigenvalue weighted by atomic mass is 79.9. The van der Waals surface area contributed by atoms with Crippen molar-refractivity contribution in [3.8, 4) is 11.3 Å². The molecule has 0 saturated carbocycles. The van der Waals surface area contributed by atoms with Crippen molar-refractivity contribution in [1.29, 1.82) is 0 Å². The summed E-state index contributed by atoms with van der Waals surface area (Å²) in [7, 11) is 0. The van der Waals surface area contributed by atoms with Gasteiger partial charge in [0, 0.05) is 16.1 Å². The summed E-state index contributed by atoms with van der Waals surface area (Å²) in [4.78, 5) is 24.6. The van der Waals surface area contributed by atoms with Gasteiger partial charge in [0.2, 0.25) is 5.91 Å². The Morgan fingerprint density at radius 2 is 1.83 bits per heavy atom. The van der Waals surface area contributed by atoms with Crippen LogP contribution in [0.3, 0.4) is 0 Å². The summed E-state index contributed by atoms with van der Waals surface area (Å²) in [5.74, 6) is -0.209. The topological polar surface area (TPSA) is 64.0 Å². The summed E-state index contributed by atoms with van der Waals surface area (Å²) in [5, 5.41) is 7.39. The molecule has 5 nitrogen and oxygen atoms in total. The second-order valence-corrected chi connectivity index (χ2v) is 7.49. The summed E-state index contributed by atoms with van der Waals surface area (Å²) in [6.07, 6.45) is 1.84. The normalized spacial score (nSPS) is 14.5. The molecule has 1 amide bonds. The maximum atomic E-state index is 12.5. The molecular weight excluding hydrogens is 430 g/mol. The number of aromatic nitrogens is 2. The van der Waals surface area contributed by atoms with Gasteiger partial charge in [-0.1, -0.05) is 66.2 Å². The molecule has 1 N–H and O–H groups in total. The Labute approximate surface area is 178 Å². The zero-order valence-corrected chi connectivity index (χ0v) is 18.1. The predicted octanol–water partition coefficient (Wildman–Crippen LogP) is 4.50. The summed E-state index contributed by atoms with van der Waals surface area (Å²) in [6, 6.07) is 18.9. The van der Waals surface area contributed by atoms with Crippen LogP contribution in [0.15, 0.2) is 69.9 Å². The van der Waals surface area contributed by atoms with Gasteiger partial charge in [-0.15, -0.1) is 0 Å². The molecule has 29 heavy (non-hydrogen) atoms. The number of rotatable bonds is 4. The highest BCUT2D eigenvalue weighted by Gasteiger charge is 2.23. The molecule has 4 rings (SSSR count). The van der Waals surface area contributed by atoms with Crippen LogP contribution >= 0.6 is 15.9 Å². The van der Waals surface area contributed by atoms with E-state index in [1.54, 1.807) is 6.07 Å². The van der Waals surface area contributed by atoms with E-state index in [2.05, 4.69) is 32.4 Å². The van der Waals surface area contributed by atoms with E-state index in [-0.39, 0.29) is 24.1 Å². The number of nitrogens with zero attached hydrogens (tertiary/aromatic N) is 2. The van der Waals surface area contributed by atoms with E-state index in [1.165, 1.54) is 16.3 Å². The highest BCUT2D eigenvalue weighted by Crippen LogP contribution is 2.30. The second-order valence-electron chi connectivity index (χ2n) is 6.58. The number of fused-ring (bicyclic) bond motifs is 1. The summed E-state index contributed by atoms with van der Waals surface area (Å²) in [5.41, 5.74) is 3.68. The molecule has 0 aliphatic heterocycles. The summed E-state index contributed by atoms with van der Waals surface area (Å²) in [6.45, 7) is 3.90. The van der Waals surface area contributed by atoms with Gasteiger partial charge in [-0.2, -0.15) is 5.10 Å². The number of halogens is 1. The van der Waals surface area contributed by atoms with Gasteiger partial charge in [0.15, 0.2) is 0 Å². The fourth-order valence-corrected chi connectivity index (χ4v) is 3.68. The number of hydrogen-bond acceptors (Lipinski definition) is 3. The molecular formula is C23H24BrN3O2. The van der Waals surface area contributed by atoms with Crippen LogP contribution in [0, 0.1) is 0 Å². The third-order valence-corrected chi connectivity index (χ3v) is 5.30. The quantitative estimate of drug-likeness (QED) is 0.632. The fraction of sp³-hybridized carbons (Fsp3) is 0.261. The van der Waals surface area contributed by atoms with Crippen LogP contribution in [0.2, 0.25) is 0 Å². The molecule has 0 radical (unpaired) electrons. The van der Waals surface area contributed by atoms with Crippen LogP contribution in [-0.4, -0.2) is 15.7 Å². The monoisotopic (exact) mass is 453 g/mol. The van der Waals surface area contributed by atoms with Crippen molar-refractivity contribution in [2.75, 3.05) is 0 Å². The fourth-order valence-electron chi connectivity index (χ4n) is 3.42. The molecule has 0 bridgehead atoms. The van der Waals surface area contributed by atoms with E-state index in [9.17, 15) is 9.59 Å². The first-order chi connectivity index (χ1) is 14.1. The van der Waals surface area contributed by atoms with E-state index in [4.69, 9.17) is 0 Å². The first-order valence-corrected chi connectivity index (χ1v) is 10.6. The maximum Gasteiger partial charge on any atom is 0.267 e. The van der Waals surface area contributed by atoms with Crippen LogP contribution < -0.4 is 10.9 Å². The van der Waals surface area contributed by atoms with E-state index in [0.29, 0.717) is 5.69 Å². The van der Waals surface area contributed by atoms with Crippen LogP contribution in [0.25, 0.3) is 11.3 Å². The van der Waals surface area contributed by atoms with Crippen LogP contribution in [0.1, 0.15) is 37.4 Å². The molecule has 0 saturated heterocycles. The average Bonchev–Trinajstić information content (AvgIpc) is 3.15. The molecule has 1 aromatic heterocycles. The lowest BCUT2D eigenvalue weighted by Crippen LogP contribution is -2.35. The number of nitrogens with one attached hydrogen (secondary N) is 1. The summed E-state index contributed by atoms with van der Waals surface area (Å²) < 4.78 is 2.18. The lowest BCUT2D eigenvalue weighted by atomic mass is 10.1. The first-order valence-electron chi connectivity index (χ1n) is 9.81. The standard InChI is InChI=1S/C21H18BrN3O2.C2H6/c22-16-8-5-15(6-9-16)18-11-12-21(27)25(24-18)13-20(26)23-19-10-7-14-3-1-2-4-17(14)19;1-2/h1-6,8-9,11-12,19H,7,10,13H2,(H,23,26);1-2H3. The number of amides is 1. The van der Waals surface area contributed by atoms with E-state index in [1.807, 2.05) is 56.3 Å². The number of aryl methyl sites for hydroxylation is 1. The molecule has 0 fully saturated rings. The number of carbonyl (C=O) groups is 1. The molecule has 1 atom stereocenters. The smallest absolute Gasteiger partial charge is 0.267 e. The Balaban J connectivity index is 0.00000117. The van der Waals surface area contributed by atoms with Crippen molar-refractivity contribution in [1.82, 2.24) is 15.1 Å². The second kappa shape index (κ2) is 9.65. The predicted molar refractivity (Wildman–Crippen MR) is 119 cm³/mol. The highest BCUT2D eigenvalue weighted by molar-refractivity contribution is 9.10. The zero-order valence-electron chi connectivity index (χ0n) is 16.6. The van der Waals surface area contributed by atoms with Gasteiger partial charge < -0.3 is 5.32 Å². The number of benzene rings is 2. The Hall–Kier alpha value is -2.73. The van der Waals surface area contributed by atoms with Crippen LogP contribution in [0.5, 0.6) is 0 Å². The Kier molecular flexibility index (Phi) is 6.99. The van der Waals surface area contributed by atoms with E-state index in [0.717, 1.165) is 28.4 Å². The van der Waals surface area contributed by atoms with Gasteiger partial charge in [-0.25, -0.2) is 4.68 Å². The largest absolute Gasteiger partial charge is 0.348 e. The Morgan fingerprint density at radius 1 is 1.10 bits per heavy atom. The first kappa shape index (κ1) is 21.0. The number of hydrogen-bond donors (Lipinski definition) is 1. The van der Waals surface area contributed by atoms with Crippen molar-refractivity contribution in [3.63, 3.8) is 0 Å². The van der Waals surface area contributed by atoms with Gasteiger partial charge in [-0.05, 0) is 42.2 Å². The Morgan fingerprint density at radius 3 is 2.59 bits per heavy atom. The lowest BCUT2D eigenvalue weighted by Gasteiger charge is -2.14. The van der Waals surface area contributed by atoms with Gasteiger partial charge in [0.05, 0.1) is 11.7 Å². The van der Waals surface area contributed by atoms with Gasteiger partial charge in [0.1, 0.15) is 6.54 Å². The van der Waals surface area contributed by atoms with Crippen molar-refractivity contribution >= 4 is 21.8 Å². The van der Waals surface area contributed by atoms with E-state index >= 15 is 0 Å². The summed E-state index contributed by atoms with van der Waals surface area (Å²) >= 11 is 3.40. The number of carbonyl (C=O) groups excluding carboxylic acids is 1. The molecule has 3 aromatic rings. The Bertz CT molecular complexity index is 1040. The van der Waals surface area contributed by atoms with Crippen molar-refractivity contribution < 1.29 is 4.79 Å².